The first kappa shape index (κ1) is 13.7. The number of nitrogens with one attached hydrogen (secondary N) is 1. The van der Waals surface area contributed by atoms with E-state index in [1.54, 1.807) is 0 Å². The van der Waals surface area contributed by atoms with Crippen LogP contribution >= 0.6 is 0 Å². The van der Waals surface area contributed by atoms with Gasteiger partial charge in [0.25, 0.3) is 0 Å². The third-order valence-corrected chi connectivity index (χ3v) is 5.08. The van der Waals surface area contributed by atoms with Gasteiger partial charge in [0.2, 0.25) is 0 Å². The van der Waals surface area contributed by atoms with E-state index in [2.05, 4.69) is 47.2 Å². The lowest BCUT2D eigenvalue weighted by atomic mass is 10.1. The lowest BCUT2D eigenvalue weighted by Gasteiger charge is -2.28. The first-order valence-electron chi connectivity index (χ1n) is 7.98. The minimum absolute atomic E-state index is 0.761. The SMILES string of the molecule is CNc1ccc(N2CCC(N3CCCC3C)C2)cc1C. The van der Waals surface area contributed by atoms with Crippen LogP contribution in [0.1, 0.15) is 31.7 Å². The summed E-state index contributed by atoms with van der Waals surface area (Å²) >= 11 is 0. The van der Waals surface area contributed by atoms with Crippen LogP contribution in [0.15, 0.2) is 18.2 Å². The van der Waals surface area contributed by atoms with E-state index >= 15 is 0 Å². The first-order chi connectivity index (χ1) is 9.69. The average Bonchev–Trinajstić information content (AvgIpc) is 3.07. The smallest absolute Gasteiger partial charge is 0.0370 e. The molecule has 2 heterocycles. The predicted molar refractivity (Wildman–Crippen MR) is 86.7 cm³/mol. The highest BCUT2D eigenvalue weighted by molar-refractivity contribution is 5.60. The summed E-state index contributed by atoms with van der Waals surface area (Å²) < 4.78 is 0. The van der Waals surface area contributed by atoms with Crippen LogP contribution in [0.3, 0.4) is 0 Å². The maximum atomic E-state index is 3.25. The van der Waals surface area contributed by atoms with E-state index in [0.717, 1.165) is 12.1 Å². The summed E-state index contributed by atoms with van der Waals surface area (Å²) in [4.78, 5) is 5.29. The van der Waals surface area contributed by atoms with E-state index in [9.17, 15) is 0 Å². The van der Waals surface area contributed by atoms with Crippen molar-refractivity contribution in [3.8, 4) is 0 Å². The Labute approximate surface area is 123 Å². The lowest BCUT2D eigenvalue weighted by Crippen LogP contribution is -2.39. The zero-order chi connectivity index (χ0) is 14.1. The molecule has 0 aromatic heterocycles. The molecular formula is C17H27N3. The monoisotopic (exact) mass is 273 g/mol. The summed E-state index contributed by atoms with van der Waals surface area (Å²) in [5, 5.41) is 3.25. The van der Waals surface area contributed by atoms with Crippen LogP contribution < -0.4 is 10.2 Å². The molecule has 0 spiro atoms. The molecule has 0 bridgehead atoms. The minimum Gasteiger partial charge on any atom is -0.388 e. The van der Waals surface area contributed by atoms with Crippen molar-refractivity contribution in [3.63, 3.8) is 0 Å². The lowest BCUT2D eigenvalue weighted by molar-refractivity contribution is 0.204. The number of nitrogens with zero attached hydrogens (tertiary/aromatic N) is 2. The molecule has 3 nitrogen and oxygen atoms in total. The van der Waals surface area contributed by atoms with Gasteiger partial charge in [-0.2, -0.15) is 0 Å². The van der Waals surface area contributed by atoms with Gasteiger partial charge in [-0.05, 0) is 63.4 Å². The molecule has 3 rings (SSSR count). The molecule has 1 aromatic carbocycles. The predicted octanol–water partition coefficient (Wildman–Crippen LogP) is 3.10. The molecule has 1 aromatic rings. The van der Waals surface area contributed by atoms with Crippen LogP contribution in [0.5, 0.6) is 0 Å². The van der Waals surface area contributed by atoms with Crippen molar-refractivity contribution in [2.75, 3.05) is 36.9 Å². The van der Waals surface area contributed by atoms with Gasteiger partial charge in [0, 0.05) is 43.6 Å². The summed E-state index contributed by atoms with van der Waals surface area (Å²) in [5.41, 5.74) is 3.96. The first-order valence-corrected chi connectivity index (χ1v) is 7.98. The Kier molecular flexibility index (Phi) is 3.88. The maximum Gasteiger partial charge on any atom is 0.0370 e. The Morgan fingerprint density at radius 1 is 1.20 bits per heavy atom. The van der Waals surface area contributed by atoms with Crippen LogP contribution in [-0.4, -0.2) is 43.7 Å². The van der Waals surface area contributed by atoms with Gasteiger partial charge in [-0.1, -0.05) is 0 Å². The molecule has 110 valence electrons. The molecule has 2 aliphatic heterocycles. The number of likely N-dealkylation sites (tertiary alicyclic amines) is 1. The topological polar surface area (TPSA) is 18.5 Å². The fraction of sp³-hybridized carbons (Fsp3) is 0.647. The van der Waals surface area contributed by atoms with E-state index in [-0.39, 0.29) is 0 Å². The molecule has 0 saturated carbocycles. The van der Waals surface area contributed by atoms with Gasteiger partial charge in [-0.25, -0.2) is 0 Å². The molecule has 2 fully saturated rings. The van der Waals surface area contributed by atoms with Crippen molar-refractivity contribution in [3.05, 3.63) is 23.8 Å². The highest BCUT2D eigenvalue weighted by atomic mass is 15.3. The van der Waals surface area contributed by atoms with E-state index in [1.165, 1.54) is 55.8 Å². The van der Waals surface area contributed by atoms with Crippen molar-refractivity contribution in [2.24, 2.45) is 0 Å². The van der Waals surface area contributed by atoms with Crippen LogP contribution in [0.2, 0.25) is 0 Å². The molecule has 2 saturated heterocycles. The zero-order valence-electron chi connectivity index (χ0n) is 13.0. The van der Waals surface area contributed by atoms with E-state index in [0.29, 0.717) is 0 Å². The van der Waals surface area contributed by atoms with Crippen molar-refractivity contribution >= 4 is 11.4 Å². The second kappa shape index (κ2) is 5.65. The highest BCUT2D eigenvalue weighted by Gasteiger charge is 2.32. The van der Waals surface area contributed by atoms with Crippen LogP contribution in [0.25, 0.3) is 0 Å². The second-order valence-electron chi connectivity index (χ2n) is 6.37. The standard InChI is InChI=1S/C17H27N3/c1-13-11-15(6-7-17(13)18-3)19-10-8-16(12-19)20-9-4-5-14(20)2/h6-7,11,14,16,18H,4-5,8-10,12H2,1-3H3. The van der Waals surface area contributed by atoms with Crippen molar-refractivity contribution in [2.45, 2.75) is 45.2 Å². The van der Waals surface area contributed by atoms with Gasteiger partial charge in [0.15, 0.2) is 0 Å². The Morgan fingerprint density at radius 2 is 2.05 bits per heavy atom. The molecule has 1 N–H and O–H groups in total. The summed E-state index contributed by atoms with van der Waals surface area (Å²) in [6.07, 6.45) is 4.08. The molecule has 2 aliphatic rings. The van der Waals surface area contributed by atoms with Crippen molar-refractivity contribution in [1.82, 2.24) is 4.90 Å². The molecule has 2 atom stereocenters. The molecule has 0 radical (unpaired) electrons. The number of rotatable bonds is 3. The van der Waals surface area contributed by atoms with Gasteiger partial charge in [0.05, 0.1) is 0 Å². The number of hydrogen-bond acceptors (Lipinski definition) is 3. The van der Waals surface area contributed by atoms with E-state index in [4.69, 9.17) is 0 Å². The maximum absolute atomic E-state index is 3.25. The quantitative estimate of drug-likeness (QED) is 0.913. The number of hydrogen-bond donors (Lipinski definition) is 1. The molecular weight excluding hydrogens is 246 g/mol. The molecule has 3 heteroatoms. The van der Waals surface area contributed by atoms with Gasteiger partial charge >= 0.3 is 0 Å². The third kappa shape index (κ3) is 2.51. The molecule has 0 amide bonds. The summed E-state index contributed by atoms with van der Waals surface area (Å²) in [5.74, 6) is 0. The van der Waals surface area contributed by atoms with Crippen molar-refractivity contribution in [1.29, 1.82) is 0 Å². The molecule has 20 heavy (non-hydrogen) atoms. The normalized spacial score (nSPS) is 27.2. The largest absolute Gasteiger partial charge is 0.388 e. The van der Waals surface area contributed by atoms with E-state index in [1.807, 2.05) is 7.05 Å². The summed E-state index contributed by atoms with van der Waals surface area (Å²) in [7, 11) is 1.99. The number of anilines is 2. The fourth-order valence-electron chi connectivity index (χ4n) is 3.87. The average molecular weight is 273 g/mol. The summed E-state index contributed by atoms with van der Waals surface area (Å²) in [6.45, 7) is 8.28. The van der Waals surface area contributed by atoms with Crippen LogP contribution in [-0.2, 0) is 0 Å². The molecule has 0 aliphatic carbocycles. The Hall–Kier alpha value is -1.22. The number of aryl methyl sites for hydroxylation is 1. The summed E-state index contributed by atoms with van der Waals surface area (Å²) in [6, 6.07) is 8.33. The van der Waals surface area contributed by atoms with Gasteiger partial charge in [0.1, 0.15) is 0 Å². The third-order valence-electron chi connectivity index (χ3n) is 5.08. The van der Waals surface area contributed by atoms with Crippen LogP contribution in [0, 0.1) is 6.92 Å². The molecule has 2 unspecified atom stereocenters. The second-order valence-corrected chi connectivity index (χ2v) is 6.37. The zero-order valence-corrected chi connectivity index (χ0v) is 13.0. The Morgan fingerprint density at radius 3 is 2.70 bits per heavy atom. The van der Waals surface area contributed by atoms with Gasteiger partial charge < -0.3 is 10.2 Å². The highest BCUT2D eigenvalue weighted by Crippen LogP contribution is 2.29. The number of benzene rings is 1. The Bertz CT molecular complexity index is 471. The minimum atomic E-state index is 0.761. The Balaban J connectivity index is 1.69. The van der Waals surface area contributed by atoms with Gasteiger partial charge in [-0.15, -0.1) is 0 Å². The van der Waals surface area contributed by atoms with Crippen LogP contribution in [0.4, 0.5) is 11.4 Å². The fourth-order valence-corrected chi connectivity index (χ4v) is 3.87. The van der Waals surface area contributed by atoms with E-state index < -0.39 is 0 Å². The van der Waals surface area contributed by atoms with Gasteiger partial charge in [-0.3, -0.25) is 4.90 Å². The van der Waals surface area contributed by atoms with Crippen molar-refractivity contribution < 1.29 is 0 Å².